The molecule has 2 heterocycles. The number of hydrogen-bond acceptors (Lipinski definition) is 4. The molecule has 2 aromatic rings. The van der Waals surface area contributed by atoms with E-state index in [4.69, 9.17) is 9.47 Å². The maximum atomic E-state index is 13.4. The molecule has 0 N–H and O–H groups in total. The average molecular weight is 469 g/mol. The van der Waals surface area contributed by atoms with Gasteiger partial charge in [0.05, 0.1) is 19.3 Å². The van der Waals surface area contributed by atoms with Crippen molar-refractivity contribution in [2.24, 2.45) is 5.41 Å². The molecule has 2 aliphatic heterocycles. The van der Waals surface area contributed by atoms with Crippen LogP contribution >= 0.6 is 0 Å². The lowest BCUT2D eigenvalue weighted by molar-refractivity contribution is -0.136. The summed E-state index contributed by atoms with van der Waals surface area (Å²) in [6.07, 6.45) is 5.10. The van der Waals surface area contributed by atoms with Crippen molar-refractivity contribution in [1.82, 2.24) is 9.80 Å². The molecule has 0 unspecified atom stereocenters. The molecule has 1 atom stereocenters. The lowest BCUT2D eigenvalue weighted by Gasteiger charge is -2.43. The van der Waals surface area contributed by atoms with Gasteiger partial charge in [0.1, 0.15) is 17.3 Å². The van der Waals surface area contributed by atoms with Crippen molar-refractivity contribution in [2.45, 2.75) is 38.5 Å². The Morgan fingerprint density at radius 1 is 0.941 bits per heavy atom. The van der Waals surface area contributed by atoms with Crippen LogP contribution in [0.15, 0.2) is 48.5 Å². The summed E-state index contributed by atoms with van der Waals surface area (Å²) in [6.45, 7) is 2.90. The predicted octanol–water partition coefficient (Wildman–Crippen LogP) is 4.54. The first-order chi connectivity index (χ1) is 16.5. The molecule has 0 bridgehead atoms. The molecule has 0 saturated carbocycles. The number of halogens is 1. The number of carbonyl (C=O) groups is 2. The predicted molar refractivity (Wildman–Crippen MR) is 128 cm³/mol. The SMILES string of the molecule is COc1ccccc1C(=O)N1CCC[C@](COc2ccc(F)cc2)(CC(=O)N2CCCCC2)C1. The smallest absolute Gasteiger partial charge is 0.257 e. The van der Waals surface area contributed by atoms with Gasteiger partial charge in [-0.1, -0.05) is 12.1 Å². The Bertz CT molecular complexity index is 990. The van der Waals surface area contributed by atoms with Crippen LogP contribution < -0.4 is 9.47 Å². The quantitative estimate of drug-likeness (QED) is 0.599. The Balaban J connectivity index is 1.54. The second-order valence-corrected chi connectivity index (χ2v) is 9.39. The van der Waals surface area contributed by atoms with Crippen LogP contribution in [0.5, 0.6) is 11.5 Å². The van der Waals surface area contributed by atoms with Gasteiger partial charge in [-0.25, -0.2) is 4.39 Å². The molecule has 0 spiro atoms. The van der Waals surface area contributed by atoms with Gasteiger partial charge in [-0.3, -0.25) is 9.59 Å². The van der Waals surface area contributed by atoms with Crippen LogP contribution in [0.25, 0.3) is 0 Å². The first kappa shape index (κ1) is 24.0. The summed E-state index contributed by atoms with van der Waals surface area (Å²) in [6, 6.07) is 13.1. The van der Waals surface area contributed by atoms with Crippen molar-refractivity contribution in [3.63, 3.8) is 0 Å². The molecule has 34 heavy (non-hydrogen) atoms. The fourth-order valence-corrected chi connectivity index (χ4v) is 5.03. The molecule has 2 fully saturated rings. The van der Waals surface area contributed by atoms with Crippen molar-refractivity contribution < 1.29 is 23.5 Å². The van der Waals surface area contributed by atoms with E-state index in [0.29, 0.717) is 36.6 Å². The number of likely N-dealkylation sites (tertiary alicyclic amines) is 2. The van der Waals surface area contributed by atoms with Gasteiger partial charge in [0, 0.05) is 38.0 Å². The molecule has 7 heteroatoms. The zero-order chi connectivity index (χ0) is 24.0. The minimum absolute atomic E-state index is 0.103. The topological polar surface area (TPSA) is 59.1 Å². The molecule has 0 aromatic heterocycles. The Hall–Kier alpha value is -3.09. The molecule has 2 saturated heterocycles. The molecular formula is C27H33FN2O4. The zero-order valence-corrected chi connectivity index (χ0v) is 19.8. The van der Waals surface area contributed by atoms with E-state index in [-0.39, 0.29) is 24.2 Å². The summed E-state index contributed by atoms with van der Waals surface area (Å²) in [7, 11) is 1.56. The molecule has 0 radical (unpaired) electrons. The van der Waals surface area contributed by atoms with Crippen molar-refractivity contribution in [3.8, 4) is 11.5 Å². The maximum Gasteiger partial charge on any atom is 0.257 e. The van der Waals surface area contributed by atoms with Gasteiger partial charge >= 0.3 is 0 Å². The van der Waals surface area contributed by atoms with Crippen molar-refractivity contribution in [3.05, 3.63) is 59.9 Å². The second-order valence-electron chi connectivity index (χ2n) is 9.39. The Morgan fingerprint density at radius 2 is 1.65 bits per heavy atom. The summed E-state index contributed by atoms with van der Waals surface area (Å²) >= 11 is 0. The lowest BCUT2D eigenvalue weighted by Crippen LogP contribution is -2.51. The molecular weight excluding hydrogens is 435 g/mol. The van der Waals surface area contributed by atoms with E-state index < -0.39 is 5.41 Å². The zero-order valence-electron chi connectivity index (χ0n) is 19.8. The minimum Gasteiger partial charge on any atom is -0.496 e. The van der Waals surface area contributed by atoms with Crippen LogP contribution in [0.2, 0.25) is 0 Å². The summed E-state index contributed by atoms with van der Waals surface area (Å²) in [4.78, 5) is 30.5. The molecule has 2 aliphatic rings. The number of para-hydroxylation sites is 1. The summed E-state index contributed by atoms with van der Waals surface area (Å²) in [5, 5.41) is 0. The highest BCUT2D eigenvalue weighted by Crippen LogP contribution is 2.37. The highest BCUT2D eigenvalue weighted by Gasteiger charge is 2.41. The van der Waals surface area contributed by atoms with Crippen molar-refractivity contribution >= 4 is 11.8 Å². The molecule has 2 aromatic carbocycles. The maximum absolute atomic E-state index is 13.4. The number of ether oxygens (including phenoxy) is 2. The number of rotatable bonds is 7. The molecule has 2 amide bonds. The van der Waals surface area contributed by atoms with Crippen LogP contribution in [-0.4, -0.2) is 61.5 Å². The highest BCUT2D eigenvalue weighted by atomic mass is 19.1. The number of piperidine rings is 2. The van der Waals surface area contributed by atoms with E-state index in [1.54, 1.807) is 31.4 Å². The van der Waals surface area contributed by atoms with E-state index in [2.05, 4.69) is 0 Å². The van der Waals surface area contributed by atoms with Crippen LogP contribution in [0, 0.1) is 11.2 Å². The van der Waals surface area contributed by atoms with Crippen LogP contribution in [-0.2, 0) is 4.79 Å². The van der Waals surface area contributed by atoms with E-state index >= 15 is 0 Å². The van der Waals surface area contributed by atoms with Crippen molar-refractivity contribution in [2.75, 3.05) is 39.9 Å². The van der Waals surface area contributed by atoms with Gasteiger partial charge in [-0.2, -0.15) is 0 Å². The standard InChI is InChI=1S/C27H33FN2O4/c1-33-24-9-4-3-8-23(24)26(32)30-17-7-14-27(19-30,18-25(31)29-15-5-2-6-16-29)20-34-22-12-10-21(28)11-13-22/h3-4,8-13H,2,5-7,14-20H2,1H3/t27-/m0/s1. The second kappa shape index (κ2) is 10.9. The number of amides is 2. The van der Waals surface area contributed by atoms with Gasteiger partial charge in [-0.15, -0.1) is 0 Å². The number of benzene rings is 2. The third-order valence-electron chi connectivity index (χ3n) is 6.88. The van der Waals surface area contributed by atoms with E-state index in [0.717, 1.165) is 45.2 Å². The molecule has 0 aliphatic carbocycles. The first-order valence-electron chi connectivity index (χ1n) is 12.1. The van der Waals surface area contributed by atoms with E-state index in [9.17, 15) is 14.0 Å². The average Bonchev–Trinajstić information content (AvgIpc) is 2.88. The van der Waals surface area contributed by atoms with Crippen LogP contribution in [0.4, 0.5) is 4.39 Å². The van der Waals surface area contributed by atoms with Crippen LogP contribution in [0.3, 0.4) is 0 Å². The summed E-state index contributed by atoms with van der Waals surface area (Å²) in [5.74, 6) is 0.784. The highest BCUT2D eigenvalue weighted by molar-refractivity contribution is 5.97. The normalized spacial score (nSPS) is 20.6. The van der Waals surface area contributed by atoms with Crippen molar-refractivity contribution in [1.29, 1.82) is 0 Å². The Morgan fingerprint density at radius 3 is 2.38 bits per heavy atom. The summed E-state index contributed by atoms with van der Waals surface area (Å²) < 4.78 is 24.8. The van der Waals surface area contributed by atoms with Crippen LogP contribution in [0.1, 0.15) is 48.9 Å². The molecule has 6 nitrogen and oxygen atoms in total. The molecule has 182 valence electrons. The number of carbonyl (C=O) groups excluding carboxylic acids is 2. The van der Waals surface area contributed by atoms with Gasteiger partial charge in [0.25, 0.3) is 5.91 Å². The van der Waals surface area contributed by atoms with Gasteiger partial charge < -0.3 is 19.3 Å². The summed E-state index contributed by atoms with van der Waals surface area (Å²) in [5.41, 5.74) is 0.00127. The third-order valence-corrected chi connectivity index (χ3v) is 6.88. The fraction of sp³-hybridized carbons (Fsp3) is 0.481. The largest absolute Gasteiger partial charge is 0.496 e. The van der Waals surface area contributed by atoms with Gasteiger partial charge in [0.15, 0.2) is 0 Å². The molecule has 4 rings (SSSR count). The van der Waals surface area contributed by atoms with E-state index in [1.807, 2.05) is 21.9 Å². The third kappa shape index (κ3) is 5.69. The number of nitrogens with zero attached hydrogens (tertiary/aromatic N) is 2. The Kier molecular flexibility index (Phi) is 7.70. The monoisotopic (exact) mass is 468 g/mol. The fourth-order valence-electron chi connectivity index (χ4n) is 5.03. The number of hydrogen-bond donors (Lipinski definition) is 0. The Labute approximate surface area is 200 Å². The lowest BCUT2D eigenvalue weighted by atomic mass is 9.77. The van der Waals surface area contributed by atoms with E-state index in [1.165, 1.54) is 12.1 Å². The number of methoxy groups -OCH3 is 1. The minimum atomic E-state index is -0.515. The van der Waals surface area contributed by atoms with Gasteiger partial charge in [-0.05, 0) is 68.5 Å². The van der Waals surface area contributed by atoms with Gasteiger partial charge in [0.2, 0.25) is 5.91 Å². The first-order valence-corrected chi connectivity index (χ1v) is 12.1.